The number of amides is 2. The lowest BCUT2D eigenvalue weighted by molar-refractivity contribution is -0.129. The molecule has 0 radical (unpaired) electrons. The molecule has 0 bridgehead atoms. The van der Waals surface area contributed by atoms with Gasteiger partial charge in [0, 0.05) is 25.7 Å². The quantitative estimate of drug-likeness (QED) is 0.756. The van der Waals surface area contributed by atoms with Gasteiger partial charge in [-0.3, -0.25) is 9.59 Å². The first-order valence-corrected chi connectivity index (χ1v) is 9.35. The Balaban J connectivity index is 1.47. The fraction of sp³-hybridized carbons (Fsp3) is 0.364. The van der Waals surface area contributed by atoms with Crippen LogP contribution in [-0.4, -0.2) is 43.5 Å². The number of nitrogens with zero attached hydrogens (tertiary/aromatic N) is 2. The maximum atomic E-state index is 12.4. The summed E-state index contributed by atoms with van der Waals surface area (Å²) >= 11 is 0. The molecular formula is C22H26N2O3. The van der Waals surface area contributed by atoms with Crippen molar-refractivity contribution in [3.8, 4) is 5.75 Å². The van der Waals surface area contributed by atoms with Crippen LogP contribution in [0.25, 0.3) is 0 Å². The Morgan fingerprint density at radius 2 is 1.96 bits per heavy atom. The van der Waals surface area contributed by atoms with Gasteiger partial charge < -0.3 is 14.5 Å². The third-order valence-corrected chi connectivity index (χ3v) is 4.79. The molecule has 5 nitrogen and oxygen atoms in total. The van der Waals surface area contributed by atoms with E-state index in [0.717, 1.165) is 35.5 Å². The molecule has 0 aromatic heterocycles. The van der Waals surface area contributed by atoms with Gasteiger partial charge in [0.25, 0.3) is 0 Å². The first kappa shape index (κ1) is 19.0. The summed E-state index contributed by atoms with van der Waals surface area (Å²) in [5.74, 6) is 1.04. The molecule has 5 heteroatoms. The molecule has 1 aliphatic heterocycles. The molecule has 1 heterocycles. The van der Waals surface area contributed by atoms with E-state index in [9.17, 15) is 9.59 Å². The van der Waals surface area contributed by atoms with Crippen molar-refractivity contribution in [1.29, 1.82) is 0 Å². The lowest BCUT2D eigenvalue weighted by atomic mass is 10.1. The van der Waals surface area contributed by atoms with Gasteiger partial charge in [-0.1, -0.05) is 24.3 Å². The Morgan fingerprint density at radius 1 is 1.19 bits per heavy atom. The minimum absolute atomic E-state index is 0.0489. The van der Waals surface area contributed by atoms with Crippen LogP contribution in [0.4, 0.5) is 5.69 Å². The number of ether oxygens (including phenoxy) is 1. The molecule has 0 N–H and O–H groups in total. The fourth-order valence-electron chi connectivity index (χ4n) is 3.15. The highest BCUT2D eigenvalue weighted by Gasteiger charge is 2.21. The van der Waals surface area contributed by atoms with E-state index in [0.29, 0.717) is 26.0 Å². The van der Waals surface area contributed by atoms with Crippen LogP contribution in [0, 0.1) is 6.92 Å². The van der Waals surface area contributed by atoms with Crippen molar-refractivity contribution < 1.29 is 14.3 Å². The maximum absolute atomic E-state index is 12.4. The molecule has 27 heavy (non-hydrogen) atoms. The number of anilines is 1. The van der Waals surface area contributed by atoms with E-state index in [1.807, 2.05) is 55.5 Å². The zero-order chi connectivity index (χ0) is 19.2. The van der Waals surface area contributed by atoms with E-state index in [-0.39, 0.29) is 11.8 Å². The summed E-state index contributed by atoms with van der Waals surface area (Å²) in [6.07, 6.45) is 1.87. The Hall–Kier alpha value is -2.82. The van der Waals surface area contributed by atoms with Crippen LogP contribution in [-0.2, 0) is 16.0 Å². The van der Waals surface area contributed by atoms with Crippen LogP contribution in [0.1, 0.15) is 24.0 Å². The van der Waals surface area contributed by atoms with Crippen molar-refractivity contribution in [1.82, 2.24) is 4.90 Å². The molecule has 2 amide bonds. The Bertz CT molecular complexity index is 801. The van der Waals surface area contributed by atoms with Gasteiger partial charge in [-0.05, 0) is 48.7 Å². The van der Waals surface area contributed by atoms with Crippen LogP contribution in [0.2, 0.25) is 0 Å². The summed E-state index contributed by atoms with van der Waals surface area (Å²) in [7, 11) is 1.79. The maximum Gasteiger partial charge on any atom is 0.227 e. The summed E-state index contributed by atoms with van der Waals surface area (Å²) in [6, 6.07) is 15.6. The number of aryl methyl sites for hydroxylation is 1. The van der Waals surface area contributed by atoms with Crippen LogP contribution < -0.4 is 9.64 Å². The van der Waals surface area contributed by atoms with Crippen molar-refractivity contribution in [2.24, 2.45) is 0 Å². The number of carbonyl (C=O) groups is 2. The van der Waals surface area contributed by atoms with Gasteiger partial charge in [-0.15, -0.1) is 0 Å². The first-order valence-electron chi connectivity index (χ1n) is 9.35. The van der Waals surface area contributed by atoms with Gasteiger partial charge in [0.05, 0.1) is 13.0 Å². The predicted octanol–water partition coefficient (Wildman–Crippen LogP) is 3.20. The average Bonchev–Trinajstić information content (AvgIpc) is 3.08. The van der Waals surface area contributed by atoms with Crippen LogP contribution >= 0.6 is 0 Å². The van der Waals surface area contributed by atoms with E-state index in [1.165, 1.54) is 0 Å². The fourth-order valence-corrected chi connectivity index (χ4v) is 3.15. The van der Waals surface area contributed by atoms with E-state index in [1.54, 1.807) is 16.8 Å². The molecule has 142 valence electrons. The van der Waals surface area contributed by atoms with Crippen molar-refractivity contribution >= 4 is 17.5 Å². The van der Waals surface area contributed by atoms with Crippen LogP contribution in [0.15, 0.2) is 48.5 Å². The van der Waals surface area contributed by atoms with Crippen molar-refractivity contribution in [2.75, 3.05) is 31.6 Å². The lowest BCUT2D eigenvalue weighted by Crippen LogP contribution is -2.32. The summed E-state index contributed by atoms with van der Waals surface area (Å²) in [4.78, 5) is 27.7. The third-order valence-electron chi connectivity index (χ3n) is 4.79. The molecule has 1 aliphatic rings. The Morgan fingerprint density at radius 3 is 2.63 bits per heavy atom. The first-order chi connectivity index (χ1) is 13.0. The predicted molar refractivity (Wildman–Crippen MR) is 106 cm³/mol. The highest BCUT2D eigenvalue weighted by molar-refractivity contribution is 5.95. The highest BCUT2D eigenvalue weighted by atomic mass is 16.5. The Labute approximate surface area is 160 Å². The lowest BCUT2D eigenvalue weighted by Gasteiger charge is -2.18. The van der Waals surface area contributed by atoms with E-state index < -0.39 is 0 Å². The zero-order valence-corrected chi connectivity index (χ0v) is 16.0. The van der Waals surface area contributed by atoms with Crippen molar-refractivity contribution in [2.45, 2.75) is 26.2 Å². The summed E-state index contributed by atoms with van der Waals surface area (Å²) in [6.45, 7) is 3.79. The van der Waals surface area contributed by atoms with E-state index >= 15 is 0 Å². The second-order valence-corrected chi connectivity index (χ2v) is 6.97. The van der Waals surface area contributed by atoms with E-state index in [4.69, 9.17) is 4.74 Å². The summed E-state index contributed by atoms with van der Waals surface area (Å²) < 4.78 is 5.71. The SMILES string of the molecule is Cc1cccc(OCCN(C)C(=O)Cc2ccc(N3CCCC3=O)cc2)c1. The molecule has 3 rings (SSSR count). The van der Waals surface area contributed by atoms with Crippen molar-refractivity contribution in [3.63, 3.8) is 0 Å². The smallest absolute Gasteiger partial charge is 0.227 e. The minimum Gasteiger partial charge on any atom is -0.492 e. The van der Waals surface area contributed by atoms with Crippen LogP contribution in [0.5, 0.6) is 5.75 Å². The molecule has 1 saturated heterocycles. The number of benzene rings is 2. The number of carbonyl (C=O) groups excluding carboxylic acids is 2. The molecule has 0 aliphatic carbocycles. The van der Waals surface area contributed by atoms with Gasteiger partial charge >= 0.3 is 0 Å². The van der Waals surface area contributed by atoms with Gasteiger partial charge in [0.15, 0.2) is 0 Å². The second kappa shape index (κ2) is 8.71. The third kappa shape index (κ3) is 5.09. The largest absolute Gasteiger partial charge is 0.492 e. The average molecular weight is 366 g/mol. The number of rotatable bonds is 7. The molecule has 2 aromatic rings. The van der Waals surface area contributed by atoms with Gasteiger partial charge in [-0.25, -0.2) is 0 Å². The molecule has 1 fully saturated rings. The second-order valence-electron chi connectivity index (χ2n) is 6.97. The molecule has 0 unspecified atom stereocenters. The van der Waals surface area contributed by atoms with Gasteiger partial charge in [0.1, 0.15) is 12.4 Å². The molecular weight excluding hydrogens is 340 g/mol. The monoisotopic (exact) mass is 366 g/mol. The van der Waals surface area contributed by atoms with Crippen molar-refractivity contribution in [3.05, 3.63) is 59.7 Å². The topological polar surface area (TPSA) is 49.9 Å². The van der Waals surface area contributed by atoms with Crippen LogP contribution in [0.3, 0.4) is 0 Å². The standard InChI is InChI=1S/C22H26N2O3/c1-17-5-3-6-20(15-17)27-14-13-23(2)22(26)16-18-8-10-19(11-9-18)24-12-4-7-21(24)25/h3,5-6,8-11,15H,4,7,12-14,16H2,1-2H3. The normalized spacial score (nSPS) is 13.7. The Kier molecular flexibility index (Phi) is 6.12. The molecule has 2 aromatic carbocycles. The molecule has 0 saturated carbocycles. The zero-order valence-electron chi connectivity index (χ0n) is 16.0. The number of likely N-dealkylation sites (N-methyl/N-ethyl adjacent to an activating group) is 1. The van der Waals surface area contributed by atoms with E-state index in [2.05, 4.69) is 0 Å². The minimum atomic E-state index is 0.0489. The summed E-state index contributed by atoms with van der Waals surface area (Å²) in [5.41, 5.74) is 3.01. The molecule has 0 spiro atoms. The molecule has 0 atom stereocenters. The van der Waals surface area contributed by atoms with Gasteiger partial charge in [-0.2, -0.15) is 0 Å². The van der Waals surface area contributed by atoms with Gasteiger partial charge in [0.2, 0.25) is 11.8 Å². The highest BCUT2D eigenvalue weighted by Crippen LogP contribution is 2.21. The number of hydrogen-bond acceptors (Lipinski definition) is 3. The number of hydrogen-bond donors (Lipinski definition) is 0. The summed E-state index contributed by atoms with van der Waals surface area (Å²) in [5, 5.41) is 0.